The molecule has 0 saturated carbocycles. The number of benzene rings is 1. The van der Waals surface area contributed by atoms with Gasteiger partial charge in [0.25, 0.3) is 0 Å². The van der Waals surface area contributed by atoms with Gasteiger partial charge >= 0.3 is 0 Å². The Morgan fingerprint density at radius 3 is 2.82 bits per heavy atom. The summed E-state index contributed by atoms with van der Waals surface area (Å²) in [7, 11) is 0. The van der Waals surface area contributed by atoms with Crippen LogP contribution in [0.15, 0.2) is 42.7 Å². The number of rotatable bonds is 3. The third kappa shape index (κ3) is 2.39. The molecule has 88 valence electrons. The zero-order chi connectivity index (χ0) is 11.5. The normalized spacial score (nSPS) is 19.6. The highest BCUT2D eigenvalue weighted by Gasteiger charge is 2.13. The lowest BCUT2D eigenvalue weighted by molar-refractivity contribution is 0.603. The number of nitrogens with zero attached hydrogens (tertiary/aromatic N) is 2. The third-order valence-electron chi connectivity index (χ3n) is 3.35. The summed E-state index contributed by atoms with van der Waals surface area (Å²) in [5, 5.41) is 7.75. The molecule has 1 aliphatic heterocycles. The summed E-state index contributed by atoms with van der Waals surface area (Å²) in [6.45, 7) is 1.18. The minimum Gasteiger partial charge on any atom is -0.314 e. The first kappa shape index (κ1) is 10.5. The Balaban J connectivity index is 1.71. The van der Waals surface area contributed by atoms with Crippen molar-refractivity contribution in [3.8, 4) is 5.69 Å². The molecule has 1 aromatic heterocycles. The van der Waals surface area contributed by atoms with Gasteiger partial charge in [-0.2, -0.15) is 5.10 Å². The van der Waals surface area contributed by atoms with Crippen molar-refractivity contribution < 1.29 is 0 Å². The first-order chi connectivity index (χ1) is 8.42. The van der Waals surface area contributed by atoms with E-state index in [1.807, 2.05) is 16.9 Å². The first-order valence-electron chi connectivity index (χ1n) is 6.24. The molecule has 1 aliphatic rings. The number of aromatic nitrogens is 2. The second-order valence-electron chi connectivity index (χ2n) is 4.61. The maximum atomic E-state index is 4.22. The highest BCUT2D eigenvalue weighted by atomic mass is 15.3. The Labute approximate surface area is 101 Å². The summed E-state index contributed by atoms with van der Waals surface area (Å²) in [5.74, 6) is 0. The van der Waals surface area contributed by atoms with Gasteiger partial charge in [0, 0.05) is 18.4 Å². The molecule has 1 N–H and O–H groups in total. The van der Waals surface area contributed by atoms with E-state index in [-0.39, 0.29) is 0 Å². The predicted octanol–water partition coefficient (Wildman–Crippen LogP) is 2.17. The molecule has 2 aromatic rings. The fourth-order valence-electron chi connectivity index (χ4n) is 2.42. The lowest BCUT2D eigenvalue weighted by Gasteiger charge is -2.10. The smallest absolute Gasteiger partial charge is 0.0645 e. The van der Waals surface area contributed by atoms with Crippen LogP contribution in [-0.4, -0.2) is 22.4 Å². The Morgan fingerprint density at radius 1 is 1.29 bits per heavy atom. The van der Waals surface area contributed by atoms with Gasteiger partial charge in [-0.1, -0.05) is 12.1 Å². The maximum absolute atomic E-state index is 4.22. The Hall–Kier alpha value is -1.61. The van der Waals surface area contributed by atoms with Crippen LogP contribution in [-0.2, 0) is 6.42 Å². The average molecular weight is 227 g/mol. The summed E-state index contributed by atoms with van der Waals surface area (Å²) < 4.78 is 1.89. The molecule has 3 heteroatoms. The van der Waals surface area contributed by atoms with E-state index in [1.54, 1.807) is 6.20 Å². The number of hydrogen-bond donors (Lipinski definition) is 1. The lowest BCUT2D eigenvalue weighted by atomic mass is 10.0. The van der Waals surface area contributed by atoms with E-state index < -0.39 is 0 Å². The molecular formula is C14H17N3. The van der Waals surface area contributed by atoms with E-state index in [0.717, 1.165) is 12.1 Å². The summed E-state index contributed by atoms with van der Waals surface area (Å²) in [6.07, 6.45) is 7.53. The van der Waals surface area contributed by atoms with Crippen LogP contribution in [0.5, 0.6) is 0 Å². The van der Waals surface area contributed by atoms with Crippen molar-refractivity contribution in [2.75, 3.05) is 6.54 Å². The summed E-state index contributed by atoms with van der Waals surface area (Å²) in [4.78, 5) is 0. The van der Waals surface area contributed by atoms with Gasteiger partial charge < -0.3 is 5.32 Å². The van der Waals surface area contributed by atoms with E-state index in [0.29, 0.717) is 6.04 Å². The van der Waals surface area contributed by atoms with Crippen LogP contribution in [0, 0.1) is 0 Å². The van der Waals surface area contributed by atoms with Crippen LogP contribution >= 0.6 is 0 Å². The van der Waals surface area contributed by atoms with Crippen molar-refractivity contribution in [1.29, 1.82) is 0 Å². The first-order valence-corrected chi connectivity index (χ1v) is 6.24. The van der Waals surface area contributed by atoms with Crippen LogP contribution in [0.25, 0.3) is 5.69 Å². The van der Waals surface area contributed by atoms with Gasteiger partial charge in [0.2, 0.25) is 0 Å². The summed E-state index contributed by atoms with van der Waals surface area (Å²) in [5.41, 5.74) is 2.53. The molecule has 17 heavy (non-hydrogen) atoms. The molecule has 0 spiro atoms. The fraction of sp³-hybridized carbons (Fsp3) is 0.357. The molecule has 0 aliphatic carbocycles. The van der Waals surface area contributed by atoms with Crippen molar-refractivity contribution in [1.82, 2.24) is 15.1 Å². The minimum atomic E-state index is 0.672. The zero-order valence-electron chi connectivity index (χ0n) is 9.84. The van der Waals surface area contributed by atoms with Crippen molar-refractivity contribution in [3.63, 3.8) is 0 Å². The molecule has 3 rings (SSSR count). The number of hydrogen-bond acceptors (Lipinski definition) is 2. The van der Waals surface area contributed by atoms with Gasteiger partial charge in [-0.3, -0.25) is 0 Å². The molecule has 2 heterocycles. The third-order valence-corrected chi connectivity index (χ3v) is 3.35. The van der Waals surface area contributed by atoms with E-state index >= 15 is 0 Å². The van der Waals surface area contributed by atoms with Gasteiger partial charge in [0.1, 0.15) is 0 Å². The second kappa shape index (κ2) is 4.72. The van der Waals surface area contributed by atoms with Crippen molar-refractivity contribution in [3.05, 3.63) is 48.3 Å². The summed E-state index contributed by atoms with van der Waals surface area (Å²) in [6, 6.07) is 11.3. The van der Waals surface area contributed by atoms with Crippen LogP contribution in [0.4, 0.5) is 0 Å². The Morgan fingerprint density at radius 2 is 2.18 bits per heavy atom. The SMILES string of the molecule is c1cnn(-c2ccc(CC3CCCN3)cc2)c1. The molecule has 0 radical (unpaired) electrons. The van der Waals surface area contributed by atoms with E-state index in [1.165, 1.54) is 24.9 Å². The van der Waals surface area contributed by atoms with Crippen LogP contribution in [0.3, 0.4) is 0 Å². The molecule has 1 aromatic carbocycles. The molecular weight excluding hydrogens is 210 g/mol. The van der Waals surface area contributed by atoms with Crippen molar-refractivity contribution in [2.24, 2.45) is 0 Å². The molecule has 0 bridgehead atoms. The van der Waals surface area contributed by atoms with E-state index in [2.05, 4.69) is 34.7 Å². The van der Waals surface area contributed by atoms with Crippen LogP contribution in [0.1, 0.15) is 18.4 Å². The molecule has 0 amide bonds. The van der Waals surface area contributed by atoms with Crippen molar-refractivity contribution in [2.45, 2.75) is 25.3 Å². The van der Waals surface area contributed by atoms with Gasteiger partial charge in [-0.05, 0) is 49.6 Å². The van der Waals surface area contributed by atoms with E-state index in [9.17, 15) is 0 Å². The van der Waals surface area contributed by atoms with Crippen LogP contribution < -0.4 is 5.32 Å². The van der Waals surface area contributed by atoms with Gasteiger partial charge in [0.05, 0.1) is 5.69 Å². The average Bonchev–Trinajstić information content (AvgIpc) is 3.01. The number of nitrogens with one attached hydrogen (secondary N) is 1. The minimum absolute atomic E-state index is 0.672. The standard InChI is InChI=1S/C14H17N3/c1-3-13(15-8-1)11-12-4-6-14(7-5-12)17-10-2-9-16-17/h2,4-7,9-10,13,15H,1,3,8,11H2. The monoisotopic (exact) mass is 227 g/mol. The Kier molecular flexibility index (Phi) is 2.92. The molecule has 1 fully saturated rings. The van der Waals surface area contributed by atoms with Gasteiger partial charge in [-0.15, -0.1) is 0 Å². The molecule has 1 unspecified atom stereocenters. The fourth-order valence-corrected chi connectivity index (χ4v) is 2.42. The van der Waals surface area contributed by atoms with E-state index in [4.69, 9.17) is 0 Å². The maximum Gasteiger partial charge on any atom is 0.0645 e. The van der Waals surface area contributed by atoms with Crippen molar-refractivity contribution >= 4 is 0 Å². The molecule has 1 atom stereocenters. The zero-order valence-corrected chi connectivity index (χ0v) is 9.84. The van der Waals surface area contributed by atoms with Gasteiger partial charge in [-0.25, -0.2) is 4.68 Å². The topological polar surface area (TPSA) is 29.9 Å². The largest absolute Gasteiger partial charge is 0.314 e. The predicted molar refractivity (Wildman–Crippen MR) is 68.3 cm³/mol. The second-order valence-corrected chi connectivity index (χ2v) is 4.61. The summed E-state index contributed by atoms with van der Waals surface area (Å²) >= 11 is 0. The molecule has 3 nitrogen and oxygen atoms in total. The van der Waals surface area contributed by atoms with Crippen LogP contribution in [0.2, 0.25) is 0 Å². The highest BCUT2D eigenvalue weighted by molar-refractivity contribution is 5.34. The molecule has 1 saturated heterocycles. The quantitative estimate of drug-likeness (QED) is 0.871. The van der Waals surface area contributed by atoms with Gasteiger partial charge in [0.15, 0.2) is 0 Å². The highest BCUT2D eigenvalue weighted by Crippen LogP contribution is 2.14. The Bertz CT molecular complexity index is 453. The lowest BCUT2D eigenvalue weighted by Crippen LogP contribution is -2.23.